The summed E-state index contributed by atoms with van der Waals surface area (Å²) in [6, 6.07) is 4.40. The van der Waals surface area contributed by atoms with E-state index < -0.39 is 0 Å². The normalized spacial score (nSPS) is 21.4. The minimum Gasteiger partial charge on any atom is -0.384 e. The Bertz CT molecular complexity index is 498. The lowest BCUT2D eigenvalue weighted by molar-refractivity contribution is 0.406. The van der Waals surface area contributed by atoms with Crippen molar-refractivity contribution in [2.75, 3.05) is 12.3 Å². The zero-order valence-corrected chi connectivity index (χ0v) is 9.03. The predicted molar refractivity (Wildman–Crippen MR) is 62.9 cm³/mol. The number of nitrogens with two attached hydrogens (primary N) is 1. The van der Waals surface area contributed by atoms with Gasteiger partial charge in [-0.1, -0.05) is 6.42 Å². The van der Waals surface area contributed by atoms with E-state index in [0.717, 1.165) is 24.0 Å². The number of nitrogen functional groups attached to an aromatic ring is 1. The van der Waals surface area contributed by atoms with Crippen LogP contribution in [0, 0.1) is 0 Å². The first-order valence-corrected chi connectivity index (χ1v) is 5.68. The Morgan fingerprint density at radius 2 is 2.25 bits per heavy atom. The van der Waals surface area contributed by atoms with E-state index in [4.69, 9.17) is 5.73 Å². The first-order chi connectivity index (χ1) is 7.84. The number of aromatic nitrogens is 3. The molecule has 0 bridgehead atoms. The number of piperidine rings is 1. The molecule has 1 fully saturated rings. The average molecular weight is 217 g/mol. The monoisotopic (exact) mass is 217 g/mol. The number of anilines is 1. The average Bonchev–Trinajstić information content (AvgIpc) is 2.72. The molecule has 16 heavy (non-hydrogen) atoms. The van der Waals surface area contributed by atoms with Crippen molar-refractivity contribution >= 4 is 16.9 Å². The Balaban J connectivity index is 1.97. The maximum atomic E-state index is 5.73. The number of fused-ring (bicyclic) bond motifs is 1. The third kappa shape index (κ3) is 1.53. The van der Waals surface area contributed by atoms with Crippen molar-refractivity contribution in [2.45, 2.75) is 25.3 Å². The molecule has 4 N–H and O–H groups in total. The van der Waals surface area contributed by atoms with Gasteiger partial charge in [-0.3, -0.25) is 5.10 Å². The summed E-state index contributed by atoms with van der Waals surface area (Å²) in [5.41, 5.74) is 7.51. The largest absolute Gasteiger partial charge is 0.384 e. The molecule has 0 saturated carbocycles. The van der Waals surface area contributed by atoms with Gasteiger partial charge in [0.05, 0.1) is 11.1 Å². The van der Waals surface area contributed by atoms with E-state index in [0.29, 0.717) is 17.5 Å². The lowest BCUT2D eigenvalue weighted by Gasteiger charge is -2.22. The minimum atomic E-state index is 0.371. The highest BCUT2D eigenvalue weighted by atomic mass is 15.2. The van der Waals surface area contributed by atoms with Crippen molar-refractivity contribution < 1.29 is 0 Å². The van der Waals surface area contributed by atoms with Gasteiger partial charge in [0.1, 0.15) is 5.82 Å². The van der Waals surface area contributed by atoms with E-state index in [1.807, 2.05) is 12.1 Å². The second-order valence-electron chi connectivity index (χ2n) is 4.25. The molecule has 2 aromatic heterocycles. The van der Waals surface area contributed by atoms with Crippen molar-refractivity contribution in [3.05, 3.63) is 17.8 Å². The third-order valence-electron chi connectivity index (χ3n) is 3.14. The van der Waals surface area contributed by atoms with Crippen molar-refractivity contribution in [2.24, 2.45) is 0 Å². The molecule has 2 aromatic rings. The Kier molecular flexibility index (Phi) is 2.25. The zero-order chi connectivity index (χ0) is 11.0. The van der Waals surface area contributed by atoms with Crippen LogP contribution < -0.4 is 11.1 Å². The molecule has 0 radical (unpaired) electrons. The molecule has 3 rings (SSSR count). The topological polar surface area (TPSA) is 79.6 Å². The maximum absolute atomic E-state index is 5.73. The van der Waals surface area contributed by atoms with E-state index in [9.17, 15) is 0 Å². The molecular formula is C11H15N5. The number of hydrogen-bond acceptors (Lipinski definition) is 4. The number of nitrogens with zero attached hydrogens (tertiary/aromatic N) is 2. The Morgan fingerprint density at radius 3 is 3.06 bits per heavy atom. The highest BCUT2D eigenvalue weighted by Gasteiger charge is 2.16. The van der Waals surface area contributed by atoms with Crippen LogP contribution in [0.5, 0.6) is 0 Å². The molecule has 1 atom stereocenters. The van der Waals surface area contributed by atoms with E-state index >= 15 is 0 Å². The fourth-order valence-electron chi connectivity index (χ4n) is 2.23. The fourth-order valence-corrected chi connectivity index (χ4v) is 2.23. The highest BCUT2D eigenvalue weighted by molar-refractivity contribution is 5.85. The lowest BCUT2D eigenvalue weighted by atomic mass is 10.0. The van der Waals surface area contributed by atoms with Gasteiger partial charge in [0.25, 0.3) is 0 Å². The fraction of sp³-hybridized carbons (Fsp3) is 0.455. The summed E-state index contributed by atoms with van der Waals surface area (Å²) in [6.07, 6.45) is 3.67. The van der Waals surface area contributed by atoms with Gasteiger partial charge in [-0.25, -0.2) is 4.98 Å². The molecule has 5 nitrogen and oxygen atoms in total. The molecule has 0 unspecified atom stereocenters. The van der Waals surface area contributed by atoms with E-state index in [-0.39, 0.29) is 0 Å². The van der Waals surface area contributed by atoms with Gasteiger partial charge >= 0.3 is 0 Å². The lowest BCUT2D eigenvalue weighted by Crippen LogP contribution is -2.27. The minimum absolute atomic E-state index is 0.371. The summed E-state index contributed by atoms with van der Waals surface area (Å²) < 4.78 is 0. The number of pyridine rings is 1. The van der Waals surface area contributed by atoms with Crippen LogP contribution >= 0.6 is 0 Å². The van der Waals surface area contributed by atoms with Crippen LogP contribution in [-0.2, 0) is 0 Å². The van der Waals surface area contributed by atoms with Gasteiger partial charge in [0, 0.05) is 6.04 Å². The molecular weight excluding hydrogens is 202 g/mol. The summed E-state index contributed by atoms with van der Waals surface area (Å²) in [5, 5.41) is 11.2. The summed E-state index contributed by atoms with van der Waals surface area (Å²) in [6.45, 7) is 1.08. The van der Waals surface area contributed by atoms with Gasteiger partial charge in [-0.05, 0) is 31.5 Å². The Labute approximate surface area is 93.4 Å². The van der Waals surface area contributed by atoms with Crippen LogP contribution in [0.3, 0.4) is 0 Å². The van der Waals surface area contributed by atoms with Crippen molar-refractivity contribution in [1.29, 1.82) is 0 Å². The van der Waals surface area contributed by atoms with Gasteiger partial charge in [0.15, 0.2) is 5.65 Å². The smallest absolute Gasteiger partial charge is 0.183 e. The molecule has 0 amide bonds. The quantitative estimate of drug-likeness (QED) is 0.673. The van der Waals surface area contributed by atoms with Crippen molar-refractivity contribution in [1.82, 2.24) is 20.5 Å². The molecule has 1 saturated heterocycles. The molecule has 0 aliphatic carbocycles. The molecule has 5 heteroatoms. The molecule has 1 aliphatic heterocycles. The standard InChI is InChI=1S/C11H15N5/c12-10-7-4-5-9(14-11(7)16-15-10)8-3-1-2-6-13-8/h4-5,8,13H,1-3,6H2,(H3,12,14,15,16)/t8-/m0/s1. The summed E-state index contributed by atoms with van der Waals surface area (Å²) in [5.74, 6) is 0.589. The summed E-state index contributed by atoms with van der Waals surface area (Å²) in [7, 11) is 0. The summed E-state index contributed by atoms with van der Waals surface area (Å²) >= 11 is 0. The van der Waals surface area contributed by atoms with Crippen molar-refractivity contribution in [3.63, 3.8) is 0 Å². The van der Waals surface area contributed by atoms with Crippen LogP contribution in [0.1, 0.15) is 31.0 Å². The number of nitrogens with one attached hydrogen (secondary N) is 2. The SMILES string of the molecule is Nc1[nH]nc2nc([C@@H]3CCCCN3)ccc12. The third-order valence-corrected chi connectivity index (χ3v) is 3.14. The van der Waals surface area contributed by atoms with E-state index in [2.05, 4.69) is 20.5 Å². The predicted octanol–water partition coefficient (Wildman–Crippen LogP) is 1.35. The van der Waals surface area contributed by atoms with Gasteiger partial charge in [0.2, 0.25) is 0 Å². The molecule has 1 aliphatic rings. The first kappa shape index (κ1) is 9.59. The van der Waals surface area contributed by atoms with Gasteiger partial charge in [-0.15, -0.1) is 0 Å². The Morgan fingerprint density at radius 1 is 1.31 bits per heavy atom. The number of hydrogen-bond donors (Lipinski definition) is 3. The number of rotatable bonds is 1. The molecule has 0 spiro atoms. The van der Waals surface area contributed by atoms with Crippen LogP contribution in [0.4, 0.5) is 5.82 Å². The van der Waals surface area contributed by atoms with E-state index in [1.165, 1.54) is 12.8 Å². The van der Waals surface area contributed by atoms with Crippen LogP contribution in [0.25, 0.3) is 11.0 Å². The van der Waals surface area contributed by atoms with Gasteiger partial charge < -0.3 is 11.1 Å². The zero-order valence-electron chi connectivity index (χ0n) is 9.03. The van der Waals surface area contributed by atoms with Crippen LogP contribution in [0.2, 0.25) is 0 Å². The molecule has 3 heterocycles. The van der Waals surface area contributed by atoms with Crippen LogP contribution in [0.15, 0.2) is 12.1 Å². The van der Waals surface area contributed by atoms with E-state index in [1.54, 1.807) is 0 Å². The number of H-pyrrole nitrogens is 1. The van der Waals surface area contributed by atoms with Crippen molar-refractivity contribution in [3.8, 4) is 0 Å². The maximum Gasteiger partial charge on any atom is 0.183 e. The molecule has 0 aromatic carbocycles. The van der Waals surface area contributed by atoms with Crippen LogP contribution in [-0.4, -0.2) is 21.7 Å². The highest BCUT2D eigenvalue weighted by Crippen LogP contribution is 2.24. The molecule has 84 valence electrons. The second-order valence-corrected chi connectivity index (χ2v) is 4.25. The second kappa shape index (κ2) is 3.75. The number of aromatic amines is 1. The van der Waals surface area contributed by atoms with Gasteiger partial charge in [-0.2, -0.15) is 5.10 Å². The first-order valence-electron chi connectivity index (χ1n) is 5.68. The summed E-state index contributed by atoms with van der Waals surface area (Å²) in [4.78, 5) is 4.53. The Hall–Kier alpha value is -1.62.